The number of aromatic amines is 2. The first kappa shape index (κ1) is 19.7. The molecule has 0 bridgehead atoms. The van der Waals surface area contributed by atoms with Crippen LogP contribution in [-0.2, 0) is 12.5 Å². The van der Waals surface area contributed by atoms with Gasteiger partial charge in [-0.05, 0) is 12.5 Å². The molecule has 0 aliphatic carbocycles. The number of nitrogens with one attached hydrogen (secondary N) is 2. The highest BCUT2D eigenvalue weighted by molar-refractivity contribution is 5.77. The standard InChI is InChI=1S/C16H13F5N4O3/c1-7(8-2-4-9(5-3-8)15(17,18)16(19,20)21)25-12-11(10(6-26)24-25)13(27)23-14(28)22-12/h2-5,7,26H,6H2,1H3,(H2,22,23,27,28)/t7-/m0/s1. The molecule has 3 aromatic rings. The van der Waals surface area contributed by atoms with Crippen molar-refractivity contribution in [3.05, 3.63) is 61.9 Å². The van der Waals surface area contributed by atoms with Crippen molar-refractivity contribution in [2.24, 2.45) is 0 Å². The molecule has 0 radical (unpaired) electrons. The van der Waals surface area contributed by atoms with Crippen LogP contribution in [0, 0.1) is 0 Å². The van der Waals surface area contributed by atoms with Crippen molar-refractivity contribution in [2.75, 3.05) is 0 Å². The summed E-state index contributed by atoms with van der Waals surface area (Å²) in [6.07, 6.45) is -5.73. The lowest BCUT2D eigenvalue weighted by molar-refractivity contribution is -0.289. The first-order chi connectivity index (χ1) is 13.0. The third kappa shape index (κ3) is 3.09. The van der Waals surface area contributed by atoms with Crippen molar-refractivity contribution in [2.45, 2.75) is 31.7 Å². The van der Waals surface area contributed by atoms with Crippen LogP contribution in [0.25, 0.3) is 11.0 Å². The van der Waals surface area contributed by atoms with Crippen molar-refractivity contribution in [1.82, 2.24) is 19.7 Å². The molecule has 3 N–H and O–H groups in total. The minimum Gasteiger partial charge on any atom is -0.390 e. The fourth-order valence-electron chi connectivity index (χ4n) is 2.81. The Morgan fingerprint density at radius 1 is 1.11 bits per heavy atom. The second-order valence-electron chi connectivity index (χ2n) is 6.05. The van der Waals surface area contributed by atoms with Gasteiger partial charge in [0, 0.05) is 5.56 Å². The summed E-state index contributed by atoms with van der Waals surface area (Å²) in [5.74, 6) is -5.00. The molecule has 0 fully saturated rings. The maximum Gasteiger partial charge on any atom is 0.458 e. The number of hydrogen-bond donors (Lipinski definition) is 3. The summed E-state index contributed by atoms with van der Waals surface area (Å²) in [5.41, 5.74) is -2.58. The van der Waals surface area contributed by atoms with E-state index in [0.29, 0.717) is 12.1 Å². The number of rotatable bonds is 4. The summed E-state index contributed by atoms with van der Waals surface area (Å²) in [5, 5.41) is 13.4. The van der Waals surface area contributed by atoms with E-state index in [-0.39, 0.29) is 22.3 Å². The molecule has 28 heavy (non-hydrogen) atoms. The number of nitrogens with zero attached hydrogens (tertiary/aromatic N) is 2. The lowest BCUT2D eigenvalue weighted by Gasteiger charge is -2.21. The first-order valence-corrected chi connectivity index (χ1v) is 7.87. The summed E-state index contributed by atoms with van der Waals surface area (Å²) in [7, 11) is 0. The van der Waals surface area contributed by atoms with Crippen molar-refractivity contribution in [3.63, 3.8) is 0 Å². The van der Waals surface area contributed by atoms with Gasteiger partial charge in [-0.1, -0.05) is 24.3 Å². The predicted molar refractivity (Wildman–Crippen MR) is 87.1 cm³/mol. The van der Waals surface area contributed by atoms with Gasteiger partial charge in [-0.2, -0.15) is 27.1 Å². The van der Waals surface area contributed by atoms with E-state index in [2.05, 4.69) is 10.1 Å². The summed E-state index contributed by atoms with van der Waals surface area (Å²) in [6, 6.07) is 2.67. The van der Waals surface area contributed by atoms with Crippen LogP contribution in [0.4, 0.5) is 22.0 Å². The third-order valence-electron chi connectivity index (χ3n) is 4.30. The van der Waals surface area contributed by atoms with E-state index in [0.717, 1.165) is 12.1 Å². The number of H-pyrrole nitrogens is 2. The van der Waals surface area contributed by atoms with E-state index in [1.807, 2.05) is 4.98 Å². The van der Waals surface area contributed by atoms with Crippen LogP contribution in [-0.4, -0.2) is 31.0 Å². The molecule has 12 heteroatoms. The Morgan fingerprint density at radius 3 is 2.25 bits per heavy atom. The average molecular weight is 404 g/mol. The minimum absolute atomic E-state index is 0.0185. The Labute approximate surface area is 152 Å². The molecule has 150 valence electrons. The second-order valence-corrected chi connectivity index (χ2v) is 6.05. The fourth-order valence-corrected chi connectivity index (χ4v) is 2.81. The number of aliphatic hydroxyl groups is 1. The van der Waals surface area contributed by atoms with Gasteiger partial charge < -0.3 is 5.11 Å². The number of aromatic nitrogens is 4. The Hall–Kier alpha value is -3.02. The zero-order valence-corrected chi connectivity index (χ0v) is 14.1. The first-order valence-electron chi connectivity index (χ1n) is 7.87. The van der Waals surface area contributed by atoms with Gasteiger partial charge in [-0.3, -0.25) is 14.8 Å². The molecular formula is C16H13F5N4O3. The van der Waals surface area contributed by atoms with E-state index >= 15 is 0 Å². The van der Waals surface area contributed by atoms with Gasteiger partial charge in [0.15, 0.2) is 0 Å². The van der Waals surface area contributed by atoms with E-state index < -0.39 is 41.6 Å². The monoisotopic (exact) mass is 404 g/mol. The van der Waals surface area contributed by atoms with E-state index in [1.54, 1.807) is 0 Å². The smallest absolute Gasteiger partial charge is 0.390 e. The van der Waals surface area contributed by atoms with Gasteiger partial charge in [0.25, 0.3) is 5.56 Å². The number of benzene rings is 1. The Kier molecular flexibility index (Phi) is 4.61. The number of alkyl halides is 5. The van der Waals surface area contributed by atoms with E-state index in [9.17, 15) is 36.6 Å². The van der Waals surface area contributed by atoms with Crippen LogP contribution in [0.2, 0.25) is 0 Å². The molecule has 0 saturated carbocycles. The molecule has 1 atom stereocenters. The largest absolute Gasteiger partial charge is 0.458 e. The number of aliphatic hydroxyl groups excluding tert-OH is 1. The normalized spacial score (nSPS) is 13.8. The highest BCUT2D eigenvalue weighted by Crippen LogP contribution is 2.44. The molecule has 0 saturated heterocycles. The van der Waals surface area contributed by atoms with Crippen LogP contribution in [0.1, 0.15) is 29.8 Å². The zero-order valence-electron chi connectivity index (χ0n) is 14.1. The van der Waals surface area contributed by atoms with Gasteiger partial charge in [-0.25, -0.2) is 9.48 Å². The minimum atomic E-state index is -5.73. The van der Waals surface area contributed by atoms with Gasteiger partial charge in [-0.15, -0.1) is 0 Å². The molecule has 0 aliphatic rings. The number of halogens is 5. The van der Waals surface area contributed by atoms with Gasteiger partial charge in [0.1, 0.15) is 16.7 Å². The summed E-state index contributed by atoms with van der Waals surface area (Å²) in [6.45, 7) is 0.923. The molecule has 0 unspecified atom stereocenters. The van der Waals surface area contributed by atoms with Crippen molar-refractivity contribution in [1.29, 1.82) is 0 Å². The lowest BCUT2D eigenvalue weighted by Crippen LogP contribution is -2.33. The molecular weight excluding hydrogens is 391 g/mol. The zero-order chi connectivity index (χ0) is 20.9. The number of fused-ring (bicyclic) bond motifs is 1. The fraction of sp³-hybridized carbons (Fsp3) is 0.312. The molecule has 0 aliphatic heterocycles. The highest BCUT2D eigenvalue weighted by atomic mass is 19.4. The van der Waals surface area contributed by atoms with E-state index in [4.69, 9.17) is 0 Å². The van der Waals surface area contributed by atoms with Crippen LogP contribution in [0.15, 0.2) is 33.9 Å². The predicted octanol–water partition coefficient (Wildman–Crippen LogP) is 2.17. The van der Waals surface area contributed by atoms with Crippen molar-refractivity contribution in [3.8, 4) is 0 Å². The topological polar surface area (TPSA) is 104 Å². The molecule has 2 aromatic heterocycles. The Morgan fingerprint density at radius 2 is 1.71 bits per heavy atom. The molecule has 2 heterocycles. The summed E-state index contributed by atoms with van der Waals surface area (Å²) >= 11 is 0. The lowest BCUT2D eigenvalue weighted by atomic mass is 10.0. The van der Waals surface area contributed by atoms with Gasteiger partial charge in [0.05, 0.1) is 12.6 Å². The molecule has 3 rings (SSSR count). The van der Waals surface area contributed by atoms with Crippen LogP contribution in [0.5, 0.6) is 0 Å². The van der Waals surface area contributed by atoms with Gasteiger partial charge in [0.2, 0.25) is 0 Å². The molecule has 0 amide bonds. The maximum atomic E-state index is 13.4. The molecule has 0 spiro atoms. The quantitative estimate of drug-likeness (QED) is 0.580. The Bertz CT molecular complexity index is 1130. The Balaban J connectivity index is 2.07. The SMILES string of the molecule is C[C@@H](c1ccc(C(F)(F)C(F)(F)F)cc1)n1nc(CO)c2c(=O)[nH]c(=O)[nH]c21. The maximum absolute atomic E-state index is 13.4. The average Bonchev–Trinajstić information content (AvgIpc) is 2.99. The van der Waals surface area contributed by atoms with E-state index in [1.165, 1.54) is 11.6 Å². The van der Waals surface area contributed by atoms with Gasteiger partial charge >= 0.3 is 17.8 Å². The molecule has 1 aromatic carbocycles. The highest BCUT2D eigenvalue weighted by Gasteiger charge is 2.58. The number of hydrogen-bond acceptors (Lipinski definition) is 4. The molecule has 7 nitrogen and oxygen atoms in total. The van der Waals surface area contributed by atoms with Crippen molar-refractivity contribution < 1.29 is 27.1 Å². The van der Waals surface area contributed by atoms with Crippen molar-refractivity contribution >= 4 is 11.0 Å². The summed E-state index contributed by atoms with van der Waals surface area (Å²) in [4.78, 5) is 27.9. The van der Waals surface area contributed by atoms with Crippen LogP contribution in [0.3, 0.4) is 0 Å². The van der Waals surface area contributed by atoms with Crippen LogP contribution >= 0.6 is 0 Å². The van der Waals surface area contributed by atoms with Crippen LogP contribution < -0.4 is 11.2 Å². The summed E-state index contributed by atoms with van der Waals surface area (Å²) < 4.78 is 65.5. The second kappa shape index (κ2) is 6.55. The third-order valence-corrected chi connectivity index (χ3v) is 4.30.